The predicted octanol–water partition coefficient (Wildman–Crippen LogP) is 2.56. The van der Waals surface area contributed by atoms with Crippen molar-refractivity contribution in [2.24, 2.45) is 0 Å². The minimum Gasteiger partial charge on any atom is -0.316 e. The van der Waals surface area contributed by atoms with E-state index in [4.69, 9.17) is 4.98 Å². The van der Waals surface area contributed by atoms with Crippen LogP contribution in [-0.4, -0.2) is 22.5 Å². The van der Waals surface area contributed by atoms with Gasteiger partial charge < -0.3 is 5.32 Å². The first-order valence-corrected chi connectivity index (χ1v) is 6.48. The SMILES string of the molecule is Brc1cccc2nc(C3CCCNC3)cn12. The summed E-state index contributed by atoms with van der Waals surface area (Å²) in [5.41, 5.74) is 2.23. The number of hydrogen-bond donors (Lipinski definition) is 1. The lowest BCUT2D eigenvalue weighted by atomic mass is 9.97. The molecular formula is C12H14BrN3. The molecule has 1 saturated heterocycles. The standard InChI is InChI=1S/C12H14BrN3/c13-11-4-1-5-12-15-10(8-16(11)12)9-3-2-6-14-7-9/h1,4-5,8-9,14H,2-3,6-7H2. The molecule has 0 bridgehead atoms. The number of hydrogen-bond acceptors (Lipinski definition) is 2. The number of fused-ring (bicyclic) bond motifs is 1. The molecule has 0 radical (unpaired) electrons. The quantitative estimate of drug-likeness (QED) is 0.813. The maximum absolute atomic E-state index is 4.69. The van der Waals surface area contributed by atoms with Crippen molar-refractivity contribution in [2.75, 3.05) is 13.1 Å². The van der Waals surface area contributed by atoms with E-state index in [9.17, 15) is 0 Å². The molecule has 0 spiro atoms. The molecule has 84 valence electrons. The Labute approximate surface area is 103 Å². The van der Waals surface area contributed by atoms with Crippen molar-refractivity contribution >= 4 is 21.6 Å². The van der Waals surface area contributed by atoms with Crippen LogP contribution in [0.25, 0.3) is 5.65 Å². The lowest BCUT2D eigenvalue weighted by Gasteiger charge is -2.20. The Kier molecular flexibility index (Phi) is 2.69. The zero-order chi connectivity index (χ0) is 11.0. The normalized spacial score (nSPS) is 21.4. The van der Waals surface area contributed by atoms with Gasteiger partial charge in [-0.05, 0) is 47.4 Å². The summed E-state index contributed by atoms with van der Waals surface area (Å²) in [6.45, 7) is 2.20. The highest BCUT2D eigenvalue weighted by atomic mass is 79.9. The lowest BCUT2D eigenvalue weighted by Crippen LogP contribution is -2.28. The minimum atomic E-state index is 0.570. The van der Waals surface area contributed by atoms with Crippen LogP contribution in [0.4, 0.5) is 0 Å². The van der Waals surface area contributed by atoms with Gasteiger partial charge in [0.05, 0.1) is 10.3 Å². The molecule has 3 nitrogen and oxygen atoms in total. The van der Waals surface area contributed by atoms with E-state index in [1.165, 1.54) is 18.5 Å². The van der Waals surface area contributed by atoms with Crippen molar-refractivity contribution in [3.05, 3.63) is 34.7 Å². The number of halogens is 1. The van der Waals surface area contributed by atoms with Crippen molar-refractivity contribution in [3.63, 3.8) is 0 Å². The monoisotopic (exact) mass is 279 g/mol. The third kappa shape index (κ3) is 1.76. The highest BCUT2D eigenvalue weighted by Crippen LogP contribution is 2.24. The third-order valence-corrected chi connectivity index (χ3v) is 3.82. The summed E-state index contributed by atoms with van der Waals surface area (Å²) in [6.07, 6.45) is 4.64. The summed E-state index contributed by atoms with van der Waals surface area (Å²) in [6, 6.07) is 6.11. The summed E-state index contributed by atoms with van der Waals surface area (Å²) < 4.78 is 3.16. The Morgan fingerprint density at radius 2 is 2.38 bits per heavy atom. The van der Waals surface area contributed by atoms with E-state index < -0.39 is 0 Å². The van der Waals surface area contributed by atoms with Crippen LogP contribution in [0.2, 0.25) is 0 Å². The van der Waals surface area contributed by atoms with Crippen LogP contribution in [0.3, 0.4) is 0 Å². The molecule has 3 heterocycles. The molecule has 1 atom stereocenters. The Morgan fingerprint density at radius 3 is 3.12 bits per heavy atom. The van der Waals surface area contributed by atoms with E-state index in [0.29, 0.717) is 5.92 Å². The molecule has 1 aliphatic rings. The largest absolute Gasteiger partial charge is 0.316 e. The maximum Gasteiger partial charge on any atom is 0.137 e. The number of pyridine rings is 1. The van der Waals surface area contributed by atoms with E-state index in [0.717, 1.165) is 23.3 Å². The number of imidazole rings is 1. The van der Waals surface area contributed by atoms with Crippen molar-refractivity contribution in [1.82, 2.24) is 14.7 Å². The Bertz CT molecular complexity index is 500. The predicted molar refractivity (Wildman–Crippen MR) is 67.7 cm³/mol. The van der Waals surface area contributed by atoms with Gasteiger partial charge in [-0.2, -0.15) is 0 Å². The van der Waals surface area contributed by atoms with Gasteiger partial charge in [-0.15, -0.1) is 0 Å². The van der Waals surface area contributed by atoms with Gasteiger partial charge in [-0.1, -0.05) is 6.07 Å². The van der Waals surface area contributed by atoms with Crippen LogP contribution in [0.15, 0.2) is 29.0 Å². The van der Waals surface area contributed by atoms with Crippen LogP contribution in [0.5, 0.6) is 0 Å². The third-order valence-electron chi connectivity index (χ3n) is 3.18. The van der Waals surface area contributed by atoms with Crippen molar-refractivity contribution in [2.45, 2.75) is 18.8 Å². The Hall–Kier alpha value is -0.870. The summed E-state index contributed by atoms with van der Waals surface area (Å²) >= 11 is 3.54. The maximum atomic E-state index is 4.69. The molecule has 0 amide bonds. The molecular weight excluding hydrogens is 266 g/mol. The smallest absolute Gasteiger partial charge is 0.137 e. The Morgan fingerprint density at radius 1 is 1.44 bits per heavy atom. The number of aromatic nitrogens is 2. The average molecular weight is 280 g/mol. The van der Waals surface area contributed by atoms with Crippen LogP contribution in [0.1, 0.15) is 24.5 Å². The molecule has 3 rings (SSSR count). The zero-order valence-electron chi connectivity index (χ0n) is 8.99. The molecule has 0 aromatic carbocycles. The van der Waals surface area contributed by atoms with E-state index >= 15 is 0 Å². The summed E-state index contributed by atoms with van der Waals surface area (Å²) in [7, 11) is 0. The van der Waals surface area contributed by atoms with Crippen molar-refractivity contribution < 1.29 is 0 Å². The van der Waals surface area contributed by atoms with Gasteiger partial charge in [0, 0.05) is 18.7 Å². The van der Waals surface area contributed by atoms with Gasteiger partial charge in [0.2, 0.25) is 0 Å². The molecule has 4 heteroatoms. The van der Waals surface area contributed by atoms with E-state index in [1.54, 1.807) is 0 Å². The van der Waals surface area contributed by atoms with Gasteiger partial charge in [0.15, 0.2) is 0 Å². The summed E-state index contributed by atoms with van der Waals surface area (Å²) in [5.74, 6) is 0.570. The summed E-state index contributed by atoms with van der Waals surface area (Å²) in [4.78, 5) is 4.69. The molecule has 1 unspecified atom stereocenters. The zero-order valence-corrected chi connectivity index (χ0v) is 10.6. The summed E-state index contributed by atoms with van der Waals surface area (Å²) in [5, 5.41) is 3.43. The Balaban J connectivity index is 2.01. The molecule has 2 aromatic rings. The topological polar surface area (TPSA) is 29.3 Å². The van der Waals surface area contributed by atoms with Crippen LogP contribution < -0.4 is 5.32 Å². The fourth-order valence-electron chi connectivity index (χ4n) is 2.30. The lowest BCUT2D eigenvalue weighted by molar-refractivity contribution is 0.456. The molecule has 0 aliphatic carbocycles. The highest BCUT2D eigenvalue weighted by molar-refractivity contribution is 9.10. The minimum absolute atomic E-state index is 0.570. The van der Waals surface area contributed by atoms with Gasteiger partial charge >= 0.3 is 0 Å². The van der Waals surface area contributed by atoms with Crippen molar-refractivity contribution in [3.8, 4) is 0 Å². The van der Waals surface area contributed by atoms with E-state index in [2.05, 4.69) is 31.8 Å². The molecule has 16 heavy (non-hydrogen) atoms. The average Bonchev–Trinajstić information content (AvgIpc) is 2.76. The number of nitrogens with one attached hydrogen (secondary N) is 1. The second kappa shape index (κ2) is 4.18. The van der Waals surface area contributed by atoms with Crippen molar-refractivity contribution in [1.29, 1.82) is 0 Å². The molecule has 2 aromatic heterocycles. The molecule has 0 saturated carbocycles. The van der Waals surface area contributed by atoms with Gasteiger partial charge in [-0.3, -0.25) is 4.40 Å². The fraction of sp³-hybridized carbons (Fsp3) is 0.417. The van der Waals surface area contributed by atoms with Crippen LogP contribution in [-0.2, 0) is 0 Å². The molecule has 1 fully saturated rings. The van der Waals surface area contributed by atoms with Gasteiger partial charge in [0.1, 0.15) is 5.65 Å². The second-order valence-electron chi connectivity index (χ2n) is 4.29. The number of rotatable bonds is 1. The highest BCUT2D eigenvalue weighted by Gasteiger charge is 2.18. The first kappa shape index (κ1) is 10.3. The van der Waals surface area contributed by atoms with Crippen LogP contribution in [0, 0.1) is 0 Å². The second-order valence-corrected chi connectivity index (χ2v) is 5.10. The molecule has 1 aliphatic heterocycles. The van der Waals surface area contributed by atoms with Gasteiger partial charge in [-0.25, -0.2) is 4.98 Å². The first-order chi connectivity index (χ1) is 7.84. The number of nitrogens with zero attached hydrogens (tertiary/aromatic N) is 2. The van der Waals surface area contributed by atoms with Crippen LogP contribution >= 0.6 is 15.9 Å². The first-order valence-electron chi connectivity index (χ1n) is 5.69. The van der Waals surface area contributed by atoms with E-state index in [-0.39, 0.29) is 0 Å². The number of piperidine rings is 1. The van der Waals surface area contributed by atoms with E-state index in [1.807, 2.05) is 18.2 Å². The fourth-order valence-corrected chi connectivity index (χ4v) is 2.73. The van der Waals surface area contributed by atoms with Gasteiger partial charge in [0.25, 0.3) is 0 Å². The molecule has 1 N–H and O–H groups in total.